The van der Waals surface area contributed by atoms with Gasteiger partial charge < -0.3 is 10.0 Å². The molecule has 2 saturated carbocycles. The van der Waals surface area contributed by atoms with Gasteiger partial charge in [0, 0.05) is 12.2 Å². The van der Waals surface area contributed by atoms with Gasteiger partial charge in [0.1, 0.15) is 0 Å². The molecule has 19 heavy (non-hydrogen) atoms. The lowest BCUT2D eigenvalue weighted by Crippen LogP contribution is -2.35. The highest BCUT2D eigenvalue weighted by Gasteiger charge is 2.70. The number of carbonyl (C=O) groups excluding carboxylic acids is 1. The van der Waals surface area contributed by atoms with Gasteiger partial charge in [-0.25, -0.2) is 0 Å². The van der Waals surface area contributed by atoms with Crippen molar-refractivity contribution in [2.24, 2.45) is 11.8 Å². The highest BCUT2D eigenvalue weighted by atomic mass is 16.4. The number of nitrogens with zero attached hydrogens (tertiary/aromatic N) is 1. The number of aliphatic carboxylic acids is 1. The molecule has 1 aromatic carbocycles. The van der Waals surface area contributed by atoms with E-state index in [1.807, 2.05) is 29.2 Å². The van der Waals surface area contributed by atoms with Crippen molar-refractivity contribution >= 4 is 17.6 Å². The number of para-hydroxylation sites is 1. The Labute approximate surface area is 111 Å². The molecule has 1 aromatic rings. The lowest BCUT2D eigenvalue weighted by Gasteiger charge is -2.17. The summed E-state index contributed by atoms with van der Waals surface area (Å²) in [6.45, 7) is 0.754. The number of carboxylic acid groups (broad SMARTS) is 1. The largest absolute Gasteiger partial charge is 0.481 e. The van der Waals surface area contributed by atoms with Crippen molar-refractivity contribution in [3.05, 3.63) is 29.8 Å². The first-order chi connectivity index (χ1) is 9.14. The second kappa shape index (κ2) is 3.38. The Kier molecular flexibility index (Phi) is 1.96. The van der Waals surface area contributed by atoms with Crippen LogP contribution in [0, 0.1) is 11.8 Å². The van der Waals surface area contributed by atoms with Crippen molar-refractivity contribution < 1.29 is 14.7 Å². The molecule has 0 saturated heterocycles. The molecule has 2 fully saturated rings. The molecule has 3 aliphatic rings. The van der Waals surface area contributed by atoms with Crippen LogP contribution in [0.15, 0.2) is 24.3 Å². The minimum absolute atomic E-state index is 0.00741. The number of fused-ring (bicyclic) bond motifs is 2. The van der Waals surface area contributed by atoms with Crippen molar-refractivity contribution in [1.82, 2.24) is 0 Å². The number of carbonyl (C=O) groups is 2. The maximum absolute atomic E-state index is 12.7. The fourth-order valence-electron chi connectivity index (χ4n) is 3.39. The highest BCUT2D eigenvalue weighted by molar-refractivity contribution is 6.13. The van der Waals surface area contributed by atoms with Gasteiger partial charge >= 0.3 is 5.97 Å². The average Bonchev–Trinajstić information content (AvgIpc) is 3.28. The van der Waals surface area contributed by atoms with E-state index in [1.165, 1.54) is 12.8 Å². The summed E-state index contributed by atoms with van der Waals surface area (Å²) < 4.78 is 0. The summed E-state index contributed by atoms with van der Waals surface area (Å²) in [6, 6.07) is 7.68. The summed E-state index contributed by atoms with van der Waals surface area (Å²) in [5.41, 5.74) is 1.10. The van der Waals surface area contributed by atoms with Gasteiger partial charge in [-0.1, -0.05) is 18.2 Å². The van der Waals surface area contributed by atoms with Crippen molar-refractivity contribution in [3.8, 4) is 0 Å². The van der Waals surface area contributed by atoms with Crippen LogP contribution in [0.4, 0.5) is 5.69 Å². The molecule has 4 heteroatoms. The standard InChI is InChI=1S/C15H15NO3/c17-13(18)11-7-15(11)10-3-1-2-4-12(10)16(14(15)19)8-9-5-6-9/h1-4,9,11H,5-8H2,(H,17,18). The minimum Gasteiger partial charge on any atom is -0.481 e. The van der Waals surface area contributed by atoms with Crippen LogP contribution in [0.25, 0.3) is 0 Å². The normalized spacial score (nSPS) is 31.7. The van der Waals surface area contributed by atoms with E-state index in [2.05, 4.69) is 0 Å². The SMILES string of the molecule is O=C(O)C1CC12C(=O)N(CC1CC1)c1ccccc12. The molecular formula is C15H15NO3. The third-order valence-electron chi connectivity index (χ3n) is 4.70. The van der Waals surface area contributed by atoms with E-state index in [4.69, 9.17) is 0 Å². The Morgan fingerprint density at radius 1 is 1.37 bits per heavy atom. The number of anilines is 1. The van der Waals surface area contributed by atoms with E-state index in [0.717, 1.165) is 17.8 Å². The third-order valence-corrected chi connectivity index (χ3v) is 4.70. The first kappa shape index (κ1) is 11.0. The maximum Gasteiger partial charge on any atom is 0.307 e. The van der Waals surface area contributed by atoms with Gasteiger partial charge in [0.15, 0.2) is 0 Å². The molecule has 1 spiro atoms. The van der Waals surface area contributed by atoms with Crippen LogP contribution in [0.2, 0.25) is 0 Å². The molecule has 2 unspecified atom stereocenters. The number of amides is 1. The smallest absolute Gasteiger partial charge is 0.307 e. The molecule has 0 bridgehead atoms. The second-order valence-electron chi connectivity index (χ2n) is 5.94. The number of hydrogen-bond acceptors (Lipinski definition) is 2. The lowest BCUT2D eigenvalue weighted by molar-refractivity contribution is -0.140. The summed E-state index contributed by atoms with van der Waals surface area (Å²) in [6.07, 6.45) is 2.82. The zero-order valence-electron chi connectivity index (χ0n) is 10.5. The quantitative estimate of drug-likeness (QED) is 0.898. The summed E-state index contributed by atoms with van der Waals surface area (Å²) >= 11 is 0. The van der Waals surface area contributed by atoms with Gasteiger partial charge in [-0.05, 0) is 36.8 Å². The number of rotatable bonds is 3. The van der Waals surface area contributed by atoms with E-state index in [0.29, 0.717) is 12.3 Å². The lowest BCUT2D eigenvalue weighted by atomic mass is 9.95. The van der Waals surface area contributed by atoms with Crippen LogP contribution >= 0.6 is 0 Å². The fourth-order valence-corrected chi connectivity index (χ4v) is 3.39. The summed E-state index contributed by atoms with van der Waals surface area (Å²) in [5.74, 6) is -0.774. The van der Waals surface area contributed by atoms with Crippen LogP contribution in [-0.4, -0.2) is 23.5 Å². The molecular weight excluding hydrogens is 242 g/mol. The molecule has 2 atom stereocenters. The molecule has 98 valence electrons. The van der Waals surface area contributed by atoms with Crippen molar-refractivity contribution in [2.45, 2.75) is 24.7 Å². The Morgan fingerprint density at radius 3 is 2.74 bits per heavy atom. The predicted octanol–water partition coefficient (Wildman–Crippen LogP) is 1.79. The van der Waals surface area contributed by atoms with Crippen LogP contribution in [0.5, 0.6) is 0 Å². The Balaban J connectivity index is 1.78. The zero-order valence-corrected chi connectivity index (χ0v) is 10.5. The number of carboxylic acids is 1. The van der Waals surface area contributed by atoms with Crippen LogP contribution in [0.3, 0.4) is 0 Å². The molecule has 1 aliphatic heterocycles. The first-order valence-corrected chi connectivity index (χ1v) is 6.79. The second-order valence-corrected chi connectivity index (χ2v) is 5.94. The van der Waals surface area contributed by atoms with Crippen molar-refractivity contribution in [2.75, 3.05) is 11.4 Å². The van der Waals surface area contributed by atoms with E-state index >= 15 is 0 Å². The molecule has 1 heterocycles. The fraction of sp³-hybridized carbons (Fsp3) is 0.467. The molecule has 2 aliphatic carbocycles. The number of hydrogen-bond donors (Lipinski definition) is 1. The zero-order chi connectivity index (χ0) is 13.2. The van der Waals surface area contributed by atoms with Crippen molar-refractivity contribution in [1.29, 1.82) is 0 Å². The van der Waals surface area contributed by atoms with Crippen LogP contribution < -0.4 is 4.90 Å². The average molecular weight is 257 g/mol. The third kappa shape index (κ3) is 1.34. The topological polar surface area (TPSA) is 57.6 Å². The summed E-state index contributed by atoms with van der Waals surface area (Å²) in [5, 5.41) is 9.23. The van der Waals surface area contributed by atoms with Crippen LogP contribution in [0.1, 0.15) is 24.8 Å². The van der Waals surface area contributed by atoms with Gasteiger partial charge in [-0.15, -0.1) is 0 Å². The Hall–Kier alpha value is -1.84. The van der Waals surface area contributed by atoms with E-state index in [9.17, 15) is 14.7 Å². The van der Waals surface area contributed by atoms with Gasteiger partial charge in [-0.2, -0.15) is 0 Å². The molecule has 1 N–H and O–H groups in total. The number of benzene rings is 1. The van der Waals surface area contributed by atoms with E-state index in [-0.39, 0.29) is 5.91 Å². The molecule has 4 rings (SSSR count). The van der Waals surface area contributed by atoms with Crippen molar-refractivity contribution in [3.63, 3.8) is 0 Å². The van der Waals surface area contributed by atoms with Gasteiger partial charge in [-0.3, -0.25) is 9.59 Å². The Morgan fingerprint density at radius 2 is 2.11 bits per heavy atom. The summed E-state index contributed by atoms with van der Waals surface area (Å²) in [7, 11) is 0. The first-order valence-electron chi connectivity index (χ1n) is 6.79. The molecule has 0 aromatic heterocycles. The van der Waals surface area contributed by atoms with Gasteiger partial charge in [0.2, 0.25) is 5.91 Å². The minimum atomic E-state index is -0.851. The van der Waals surface area contributed by atoms with E-state index < -0.39 is 17.3 Å². The predicted molar refractivity (Wildman–Crippen MR) is 68.9 cm³/mol. The van der Waals surface area contributed by atoms with Crippen LogP contribution in [-0.2, 0) is 15.0 Å². The maximum atomic E-state index is 12.7. The molecule has 0 radical (unpaired) electrons. The van der Waals surface area contributed by atoms with E-state index in [1.54, 1.807) is 0 Å². The Bertz CT molecular complexity index is 593. The van der Waals surface area contributed by atoms with Gasteiger partial charge in [0.25, 0.3) is 0 Å². The summed E-state index contributed by atoms with van der Waals surface area (Å²) in [4.78, 5) is 25.8. The molecule has 1 amide bonds. The highest BCUT2D eigenvalue weighted by Crippen LogP contribution is 2.62. The molecule has 4 nitrogen and oxygen atoms in total. The monoisotopic (exact) mass is 257 g/mol. The van der Waals surface area contributed by atoms with Gasteiger partial charge in [0.05, 0.1) is 11.3 Å².